The molecule has 0 saturated carbocycles. The van der Waals surface area contributed by atoms with Gasteiger partial charge in [-0.3, -0.25) is 0 Å². The van der Waals surface area contributed by atoms with Crippen LogP contribution in [0.3, 0.4) is 0 Å². The third kappa shape index (κ3) is 13.9. The van der Waals surface area contributed by atoms with Gasteiger partial charge in [0.25, 0.3) is 0 Å². The lowest BCUT2D eigenvalue weighted by Gasteiger charge is -2.07. The Morgan fingerprint density at radius 2 is 1.50 bits per heavy atom. The molecule has 0 radical (unpaired) electrons. The molecule has 16 heavy (non-hydrogen) atoms. The topological polar surface area (TPSA) is 38.7 Å². The van der Waals surface area contributed by atoms with E-state index in [2.05, 4.69) is 6.92 Å². The first-order chi connectivity index (χ1) is 7.77. The van der Waals surface area contributed by atoms with Crippen molar-refractivity contribution in [2.75, 3.05) is 13.4 Å². The number of hydrogen-bond donors (Lipinski definition) is 1. The molecule has 0 aliphatic rings. The minimum Gasteiger partial charge on any atom is -0.368 e. The molecule has 0 fully saturated rings. The maximum Gasteiger partial charge on any atom is 0.154 e. The van der Waals surface area contributed by atoms with Crippen LogP contribution in [0.1, 0.15) is 65.2 Å². The fourth-order valence-corrected chi connectivity index (χ4v) is 1.54. The Kier molecular flexibility index (Phi) is 12.9. The molecule has 0 heterocycles. The number of unbranched alkanes of at least 4 members (excludes halogenated alkanes) is 7. The van der Waals surface area contributed by atoms with Gasteiger partial charge in [-0.1, -0.05) is 51.9 Å². The highest BCUT2D eigenvalue weighted by Crippen LogP contribution is 2.08. The van der Waals surface area contributed by atoms with E-state index in [1.165, 1.54) is 44.9 Å². The first kappa shape index (κ1) is 15.9. The van der Waals surface area contributed by atoms with Gasteiger partial charge in [0.05, 0.1) is 0 Å². The summed E-state index contributed by atoms with van der Waals surface area (Å²) < 4.78 is 10.1. The number of aliphatic hydroxyl groups excluding tert-OH is 1. The first-order valence-corrected chi connectivity index (χ1v) is 6.64. The predicted octanol–water partition coefficient (Wildman–Crippen LogP) is 3.46. The molecule has 3 heteroatoms. The zero-order valence-corrected chi connectivity index (χ0v) is 10.9. The van der Waals surface area contributed by atoms with Crippen molar-refractivity contribution in [3.8, 4) is 0 Å². The van der Waals surface area contributed by atoms with Crippen molar-refractivity contribution in [1.29, 1.82) is 0 Å². The van der Waals surface area contributed by atoms with Crippen molar-refractivity contribution in [2.24, 2.45) is 0 Å². The summed E-state index contributed by atoms with van der Waals surface area (Å²) in [5.41, 5.74) is 0. The zero-order valence-electron chi connectivity index (χ0n) is 10.9. The van der Waals surface area contributed by atoms with E-state index < -0.39 is 6.29 Å². The van der Waals surface area contributed by atoms with Crippen molar-refractivity contribution in [2.45, 2.75) is 71.5 Å². The Balaban J connectivity index is 2.88. The predicted molar refractivity (Wildman–Crippen MR) is 66.2 cm³/mol. The average molecular weight is 232 g/mol. The molecule has 1 N–H and O–H groups in total. The van der Waals surface area contributed by atoms with E-state index in [4.69, 9.17) is 14.6 Å². The second kappa shape index (κ2) is 12.9. The largest absolute Gasteiger partial charge is 0.368 e. The number of ether oxygens (including phenoxy) is 2. The van der Waals surface area contributed by atoms with Gasteiger partial charge in [0.1, 0.15) is 6.79 Å². The Morgan fingerprint density at radius 1 is 0.938 bits per heavy atom. The van der Waals surface area contributed by atoms with E-state index in [-0.39, 0.29) is 6.79 Å². The molecule has 0 bridgehead atoms. The third-order valence-electron chi connectivity index (χ3n) is 2.53. The molecule has 1 unspecified atom stereocenters. The van der Waals surface area contributed by atoms with Crippen LogP contribution < -0.4 is 0 Å². The van der Waals surface area contributed by atoms with Crippen LogP contribution in [0, 0.1) is 0 Å². The summed E-state index contributed by atoms with van der Waals surface area (Å²) in [4.78, 5) is 0. The maximum atomic E-state index is 8.79. The lowest BCUT2D eigenvalue weighted by molar-refractivity contribution is -0.160. The highest BCUT2D eigenvalue weighted by atomic mass is 16.7. The fourth-order valence-electron chi connectivity index (χ4n) is 1.54. The van der Waals surface area contributed by atoms with Crippen LogP contribution in [0.25, 0.3) is 0 Å². The molecule has 0 rings (SSSR count). The van der Waals surface area contributed by atoms with Crippen LogP contribution >= 0.6 is 0 Å². The summed E-state index contributed by atoms with van der Waals surface area (Å²) in [7, 11) is 0. The Bertz CT molecular complexity index is 126. The normalized spacial score (nSPS) is 12.9. The summed E-state index contributed by atoms with van der Waals surface area (Å²) in [5, 5.41) is 8.79. The molecule has 0 aromatic carbocycles. The molecule has 0 amide bonds. The van der Waals surface area contributed by atoms with Crippen LogP contribution in [-0.4, -0.2) is 24.8 Å². The van der Waals surface area contributed by atoms with Crippen molar-refractivity contribution in [3.63, 3.8) is 0 Å². The summed E-state index contributed by atoms with van der Waals surface area (Å²) in [5.74, 6) is 0. The average Bonchev–Trinajstić information content (AvgIpc) is 2.25. The van der Waals surface area contributed by atoms with Crippen LogP contribution in [0.2, 0.25) is 0 Å². The van der Waals surface area contributed by atoms with Crippen LogP contribution in [-0.2, 0) is 9.47 Å². The Labute approximate surface area is 100 Å². The van der Waals surface area contributed by atoms with Gasteiger partial charge in [-0.25, -0.2) is 0 Å². The lowest BCUT2D eigenvalue weighted by Crippen LogP contribution is -2.10. The van der Waals surface area contributed by atoms with Crippen LogP contribution in [0.4, 0.5) is 0 Å². The zero-order chi connectivity index (χ0) is 12.1. The van der Waals surface area contributed by atoms with Gasteiger partial charge in [0.15, 0.2) is 6.29 Å². The summed E-state index contributed by atoms with van der Waals surface area (Å²) >= 11 is 0. The highest BCUT2D eigenvalue weighted by molar-refractivity contribution is 4.45. The first-order valence-electron chi connectivity index (χ1n) is 6.64. The standard InChI is InChI=1S/C13H28O3/c1-3-4-5-6-7-8-9-10-11-15-12-16-13(2)14/h13-14H,3-12H2,1-2H3. The van der Waals surface area contributed by atoms with Gasteiger partial charge in [0, 0.05) is 6.61 Å². The van der Waals surface area contributed by atoms with Gasteiger partial charge in [-0.05, 0) is 13.3 Å². The molecule has 3 nitrogen and oxygen atoms in total. The van der Waals surface area contributed by atoms with Gasteiger partial charge < -0.3 is 14.6 Å². The summed E-state index contributed by atoms with van der Waals surface area (Å²) in [6, 6.07) is 0. The van der Waals surface area contributed by atoms with E-state index in [0.717, 1.165) is 13.0 Å². The van der Waals surface area contributed by atoms with Crippen LogP contribution in [0.5, 0.6) is 0 Å². The minimum absolute atomic E-state index is 0.203. The fraction of sp³-hybridized carbons (Fsp3) is 1.00. The summed E-state index contributed by atoms with van der Waals surface area (Å²) in [6.07, 6.45) is 9.72. The monoisotopic (exact) mass is 232 g/mol. The van der Waals surface area contributed by atoms with Gasteiger partial charge in [0.2, 0.25) is 0 Å². The van der Waals surface area contributed by atoms with Crippen molar-refractivity contribution in [3.05, 3.63) is 0 Å². The summed E-state index contributed by atoms with van der Waals surface area (Å²) in [6.45, 7) is 4.77. The smallest absolute Gasteiger partial charge is 0.154 e. The third-order valence-corrected chi connectivity index (χ3v) is 2.53. The lowest BCUT2D eigenvalue weighted by atomic mass is 10.1. The molecular weight excluding hydrogens is 204 g/mol. The van der Waals surface area contributed by atoms with Gasteiger partial charge in [-0.15, -0.1) is 0 Å². The Hall–Kier alpha value is -0.120. The molecule has 1 atom stereocenters. The number of rotatable bonds is 12. The highest BCUT2D eigenvalue weighted by Gasteiger charge is 1.94. The second-order valence-corrected chi connectivity index (χ2v) is 4.27. The molecule has 0 saturated heterocycles. The Morgan fingerprint density at radius 3 is 2.06 bits per heavy atom. The van der Waals surface area contributed by atoms with E-state index in [1.807, 2.05) is 0 Å². The quantitative estimate of drug-likeness (QED) is 0.414. The minimum atomic E-state index is -0.724. The number of hydrogen-bond acceptors (Lipinski definition) is 3. The molecule has 0 aromatic heterocycles. The molecule has 0 spiro atoms. The maximum absolute atomic E-state index is 8.79. The van der Waals surface area contributed by atoms with E-state index in [9.17, 15) is 0 Å². The van der Waals surface area contributed by atoms with Gasteiger partial charge in [-0.2, -0.15) is 0 Å². The molecule has 0 aliphatic heterocycles. The van der Waals surface area contributed by atoms with Crippen molar-refractivity contribution >= 4 is 0 Å². The van der Waals surface area contributed by atoms with E-state index >= 15 is 0 Å². The molecule has 0 aromatic rings. The van der Waals surface area contributed by atoms with E-state index in [1.54, 1.807) is 6.92 Å². The van der Waals surface area contributed by atoms with Gasteiger partial charge >= 0.3 is 0 Å². The van der Waals surface area contributed by atoms with Crippen molar-refractivity contribution in [1.82, 2.24) is 0 Å². The SMILES string of the molecule is CCCCCCCCCCOCOC(C)O. The number of aliphatic hydroxyl groups is 1. The molecule has 98 valence electrons. The molecular formula is C13H28O3. The van der Waals surface area contributed by atoms with E-state index in [0.29, 0.717) is 0 Å². The second-order valence-electron chi connectivity index (χ2n) is 4.27. The molecule has 0 aliphatic carbocycles. The van der Waals surface area contributed by atoms with Crippen LogP contribution in [0.15, 0.2) is 0 Å². The van der Waals surface area contributed by atoms with Crippen molar-refractivity contribution < 1.29 is 14.6 Å².